The molecule has 0 fully saturated rings. The molecule has 5 heteroatoms. The predicted molar refractivity (Wildman–Crippen MR) is 64.8 cm³/mol. The molecule has 0 amide bonds. The zero-order chi connectivity index (χ0) is 12.5. The summed E-state index contributed by atoms with van der Waals surface area (Å²) in [7, 11) is 0. The number of Topliss-reactive ketones (excluding diaryl/α,β-unsaturated/α-hetero) is 1. The Morgan fingerprint density at radius 3 is 2.71 bits per heavy atom. The molecule has 0 aromatic heterocycles. The van der Waals surface area contributed by atoms with Gasteiger partial charge < -0.3 is 4.74 Å². The largest absolute Gasteiger partial charge is 0.466 e. The summed E-state index contributed by atoms with van der Waals surface area (Å²) in [4.78, 5) is 22.2. The van der Waals surface area contributed by atoms with E-state index in [1.807, 2.05) is 30.3 Å². The third-order valence-corrected chi connectivity index (χ3v) is 1.80. The molecule has 1 rings (SSSR count). The van der Waals surface area contributed by atoms with Crippen LogP contribution in [-0.4, -0.2) is 24.6 Å². The fourth-order valence-electron chi connectivity index (χ4n) is 1.09. The summed E-state index contributed by atoms with van der Waals surface area (Å²) in [6, 6.07) is 9.19. The smallest absolute Gasteiger partial charge is 0.313 e. The van der Waals surface area contributed by atoms with Crippen molar-refractivity contribution >= 4 is 23.7 Å². The van der Waals surface area contributed by atoms with Crippen LogP contribution in [0.2, 0.25) is 0 Å². The molecule has 17 heavy (non-hydrogen) atoms. The number of ether oxygens (including phenoxy) is 1. The molecule has 1 N–H and O–H groups in total. The summed E-state index contributed by atoms with van der Waals surface area (Å²) in [5.41, 5.74) is 3.45. The normalized spacial score (nSPS) is 10.2. The van der Waals surface area contributed by atoms with E-state index in [0.29, 0.717) is 0 Å². The number of para-hydroxylation sites is 1. The Balaban J connectivity index is 2.34. The maximum atomic E-state index is 11.2. The number of nitrogens with zero attached hydrogens (tertiary/aromatic N) is 1. The quantitative estimate of drug-likeness (QED) is 0.351. The lowest BCUT2D eigenvalue weighted by molar-refractivity contribution is -0.144. The van der Waals surface area contributed by atoms with Crippen LogP contribution in [0, 0.1) is 0 Å². The summed E-state index contributed by atoms with van der Waals surface area (Å²) in [5, 5.41) is 3.72. The number of carbonyl (C=O) groups excluding carboxylic acids is 2. The number of hydrogen-bond donors (Lipinski definition) is 1. The Labute approximate surface area is 99.5 Å². The van der Waals surface area contributed by atoms with Gasteiger partial charge >= 0.3 is 5.97 Å². The highest BCUT2D eigenvalue weighted by Gasteiger charge is 2.07. The van der Waals surface area contributed by atoms with Crippen LogP contribution in [-0.2, 0) is 14.3 Å². The van der Waals surface area contributed by atoms with Crippen LogP contribution < -0.4 is 5.43 Å². The molecule has 0 bridgehead atoms. The van der Waals surface area contributed by atoms with Gasteiger partial charge in [0.1, 0.15) is 6.42 Å². The van der Waals surface area contributed by atoms with E-state index in [1.165, 1.54) is 0 Å². The van der Waals surface area contributed by atoms with Crippen LogP contribution in [0.4, 0.5) is 5.69 Å². The predicted octanol–water partition coefficient (Wildman–Crippen LogP) is 1.61. The monoisotopic (exact) mass is 234 g/mol. The topological polar surface area (TPSA) is 67.8 Å². The Morgan fingerprint density at radius 2 is 2.06 bits per heavy atom. The molecule has 5 nitrogen and oxygen atoms in total. The van der Waals surface area contributed by atoms with Crippen molar-refractivity contribution in [1.29, 1.82) is 0 Å². The minimum Gasteiger partial charge on any atom is -0.466 e. The lowest BCUT2D eigenvalue weighted by Crippen LogP contribution is -2.12. The fraction of sp³-hybridized carbons (Fsp3) is 0.250. The first kappa shape index (κ1) is 12.9. The molecule has 0 unspecified atom stereocenters. The number of nitrogens with one attached hydrogen (secondary N) is 1. The second-order valence-electron chi connectivity index (χ2n) is 3.18. The van der Waals surface area contributed by atoms with Gasteiger partial charge in [0.2, 0.25) is 0 Å². The summed E-state index contributed by atoms with van der Waals surface area (Å²) in [6.45, 7) is 1.96. The van der Waals surface area contributed by atoms with Crippen molar-refractivity contribution in [3.05, 3.63) is 30.3 Å². The molecule has 0 radical (unpaired) electrons. The lowest BCUT2D eigenvalue weighted by atomic mass is 10.3. The van der Waals surface area contributed by atoms with E-state index in [0.717, 1.165) is 11.9 Å². The Kier molecular flexibility index (Phi) is 5.43. The third kappa shape index (κ3) is 5.46. The summed E-state index contributed by atoms with van der Waals surface area (Å²) in [5.74, 6) is -0.935. The van der Waals surface area contributed by atoms with E-state index in [4.69, 9.17) is 0 Å². The molecular formula is C12H14N2O3. The molecule has 0 spiro atoms. The minimum atomic E-state index is -0.538. The maximum Gasteiger partial charge on any atom is 0.313 e. The lowest BCUT2D eigenvalue weighted by Gasteiger charge is -1.99. The highest BCUT2D eigenvalue weighted by molar-refractivity contribution is 6.31. The molecule has 90 valence electrons. The highest BCUT2D eigenvalue weighted by Crippen LogP contribution is 2.03. The molecule has 1 aromatic rings. The summed E-state index contributed by atoms with van der Waals surface area (Å²) in [6.07, 6.45) is 0.789. The number of rotatable bonds is 6. The van der Waals surface area contributed by atoms with E-state index in [-0.39, 0.29) is 13.0 Å². The number of ketones is 1. The number of carbonyl (C=O) groups is 2. The van der Waals surface area contributed by atoms with E-state index < -0.39 is 11.8 Å². The van der Waals surface area contributed by atoms with E-state index in [2.05, 4.69) is 15.3 Å². The van der Waals surface area contributed by atoms with E-state index in [9.17, 15) is 9.59 Å². The second-order valence-corrected chi connectivity index (χ2v) is 3.18. The Hall–Kier alpha value is -2.17. The van der Waals surface area contributed by atoms with Crippen molar-refractivity contribution in [2.75, 3.05) is 12.0 Å². The second kappa shape index (κ2) is 7.16. The highest BCUT2D eigenvalue weighted by atomic mass is 16.5. The van der Waals surface area contributed by atoms with Crippen LogP contribution >= 0.6 is 0 Å². The maximum absolute atomic E-state index is 11.2. The fourth-order valence-corrected chi connectivity index (χ4v) is 1.09. The van der Waals surface area contributed by atoms with Crippen LogP contribution in [0.3, 0.4) is 0 Å². The molecule has 0 aliphatic heterocycles. The average molecular weight is 234 g/mol. The molecule has 1 aromatic carbocycles. The minimum absolute atomic E-state index is 0.269. The zero-order valence-corrected chi connectivity index (χ0v) is 9.55. The van der Waals surface area contributed by atoms with Gasteiger partial charge in [-0.25, -0.2) is 0 Å². The molecular weight excluding hydrogens is 220 g/mol. The van der Waals surface area contributed by atoms with Gasteiger partial charge in [-0.15, -0.1) is 0 Å². The van der Waals surface area contributed by atoms with Crippen LogP contribution in [0.15, 0.2) is 35.4 Å². The number of benzene rings is 1. The van der Waals surface area contributed by atoms with Gasteiger partial charge in [0.25, 0.3) is 0 Å². The van der Waals surface area contributed by atoms with Crippen molar-refractivity contribution in [3.63, 3.8) is 0 Å². The van der Waals surface area contributed by atoms with Crippen molar-refractivity contribution in [3.8, 4) is 0 Å². The number of esters is 1. The first-order valence-corrected chi connectivity index (χ1v) is 5.25. The molecule has 0 atom stereocenters. The van der Waals surface area contributed by atoms with Gasteiger partial charge in [-0.2, -0.15) is 5.10 Å². The zero-order valence-electron chi connectivity index (χ0n) is 9.55. The van der Waals surface area contributed by atoms with Gasteiger partial charge in [-0.1, -0.05) is 18.2 Å². The number of hydrogen-bond acceptors (Lipinski definition) is 5. The molecule has 0 heterocycles. The molecule has 0 saturated heterocycles. The van der Waals surface area contributed by atoms with Crippen molar-refractivity contribution in [2.24, 2.45) is 5.10 Å². The van der Waals surface area contributed by atoms with Crippen molar-refractivity contribution in [2.45, 2.75) is 13.3 Å². The van der Waals surface area contributed by atoms with E-state index >= 15 is 0 Å². The van der Waals surface area contributed by atoms with Crippen molar-refractivity contribution in [1.82, 2.24) is 0 Å². The van der Waals surface area contributed by atoms with Gasteiger partial charge in [0.15, 0.2) is 5.78 Å². The Morgan fingerprint density at radius 1 is 1.35 bits per heavy atom. The first-order chi connectivity index (χ1) is 8.22. The van der Waals surface area contributed by atoms with Gasteiger partial charge in [-0.3, -0.25) is 15.0 Å². The van der Waals surface area contributed by atoms with Crippen molar-refractivity contribution < 1.29 is 14.3 Å². The first-order valence-electron chi connectivity index (χ1n) is 5.25. The van der Waals surface area contributed by atoms with Crippen LogP contribution in [0.25, 0.3) is 0 Å². The third-order valence-electron chi connectivity index (χ3n) is 1.80. The number of anilines is 1. The van der Waals surface area contributed by atoms with Gasteiger partial charge in [-0.05, 0) is 19.1 Å². The number of hydrazone groups is 1. The summed E-state index contributed by atoms with van der Waals surface area (Å²) < 4.78 is 4.64. The molecule has 0 aliphatic rings. The molecule has 0 aliphatic carbocycles. The standard InChI is InChI=1S/C12H14N2O3/c1-2-17-12(16)8-11(15)9-13-14-10-6-4-3-5-7-10/h3-7,9,14H,2,8H2,1H3. The van der Waals surface area contributed by atoms with Gasteiger partial charge in [0.05, 0.1) is 18.5 Å². The van der Waals surface area contributed by atoms with E-state index in [1.54, 1.807) is 6.92 Å². The summed E-state index contributed by atoms with van der Waals surface area (Å²) >= 11 is 0. The van der Waals surface area contributed by atoms with Gasteiger partial charge in [0, 0.05) is 0 Å². The van der Waals surface area contributed by atoms with Crippen LogP contribution in [0.1, 0.15) is 13.3 Å². The van der Waals surface area contributed by atoms with Crippen LogP contribution in [0.5, 0.6) is 0 Å². The average Bonchev–Trinajstić information content (AvgIpc) is 2.30. The Bertz CT molecular complexity index is 401. The molecule has 0 saturated carbocycles. The SMILES string of the molecule is CCOC(=O)CC(=O)C=NNc1ccccc1.